The van der Waals surface area contributed by atoms with Gasteiger partial charge in [0.2, 0.25) is 5.75 Å². The summed E-state index contributed by atoms with van der Waals surface area (Å²) >= 11 is 0. The summed E-state index contributed by atoms with van der Waals surface area (Å²) in [5, 5.41) is 11.7. The molecule has 4 aromatic rings. The Morgan fingerprint density at radius 3 is 2.09 bits per heavy atom. The highest BCUT2D eigenvalue weighted by molar-refractivity contribution is 6.14. The van der Waals surface area contributed by atoms with E-state index >= 15 is 0 Å². The Morgan fingerprint density at radius 2 is 1.51 bits per heavy atom. The van der Waals surface area contributed by atoms with Crippen molar-refractivity contribution in [2.75, 3.05) is 21.3 Å². The Kier molecular flexibility index (Phi) is 6.50. The highest BCUT2D eigenvalue weighted by Crippen LogP contribution is 2.40. The van der Waals surface area contributed by atoms with Crippen LogP contribution < -0.4 is 14.2 Å². The molecule has 0 bridgehead atoms. The molecule has 0 N–H and O–H groups in total. The number of ether oxygens (including phenoxy) is 3. The van der Waals surface area contributed by atoms with E-state index in [2.05, 4.69) is 0 Å². The number of methoxy groups -OCH3 is 3. The van der Waals surface area contributed by atoms with Crippen LogP contribution >= 0.6 is 0 Å². The van der Waals surface area contributed by atoms with Crippen LogP contribution in [-0.4, -0.2) is 36.6 Å². The zero-order valence-electron chi connectivity index (χ0n) is 19.2. The molecule has 0 aliphatic rings. The van der Waals surface area contributed by atoms with Gasteiger partial charge in [0.05, 0.1) is 31.8 Å². The van der Waals surface area contributed by atoms with Gasteiger partial charge in [-0.1, -0.05) is 12.1 Å². The number of hydrogen-bond acceptors (Lipinski definition) is 6. The molecule has 0 amide bonds. The van der Waals surface area contributed by atoms with Gasteiger partial charge in [0, 0.05) is 40.8 Å². The molecule has 0 saturated carbocycles. The van der Waals surface area contributed by atoms with Crippen molar-refractivity contribution >= 4 is 11.5 Å². The summed E-state index contributed by atoms with van der Waals surface area (Å²) in [4.78, 5) is 25.0. The van der Waals surface area contributed by atoms with E-state index in [1.165, 1.54) is 51.7 Å². The predicted molar refractivity (Wildman–Crippen MR) is 127 cm³/mol. The van der Waals surface area contributed by atoms with Crippen LogP contribution in [-0.2, 0) is 0 Å². The monoisotopic (exact) mass is 476 g/mol. The molecule has 9 heteroatoms. The van der Waals surface area contributed by atoms with Gasteiger partial charge in [-0.05, 0) is 42.5 Å². The first kappa shape index (κ1) is 23.5. The van der Waals surface area contributed by atoms with E-state index in [4.69, 9.17) is 14.2 Å². The maximum absolute atomic E-state index is 13.8. The lowest BCUT2D eigenvalue weighted by Crippen LogP contribution is -2.05. The van der Waals surface area contributed by atoms with Crippen molar-refractivity contribution in [3.63, 3.8) is 0 Å². The molecule has 0 fully saturated rings. The Labute approximate surface area is 200 Å². The van der Waals surface area contributed by atoms with Gasteiger partial charge in [-0.15, -0.1) is 0 Å². The zero-order chi connectivity index (χ0) is 25.1. The molecule has 0 spiro atoms. The van der Waals surface area contributed by atoms with E-state index in [-0.39, 0.29) is 22.4 Å². The van der Waals surface area contributed by atoms with Crippen LogP contribution in [0.25, 0.3) is 16.8 Å². The number of ketones is 1. The van der Waals surface area contributed by atoms with E-state index in [0.29, 0.717) is 28.5 Å². The maximum Gasteiger partial charge on any atom is 0.277 e. The minimum atomic E-state index is -0.502. The van der Waals surface area contributed by atoms with E-state index in [0.717, 1.165) is 0 Å². The summed E-state index contributed by atoms with van der Waals surface area (Å²) in [6, 6.07) is 14.9. The third-order valence-electron chi connectivity index (χ3n) is 5.51. The minimum Gasteiger partial charge on any atom is -0.493 e. The number of nitro groups is 1. The molecule has 35 heavy (non-hydrogen) atoms. The Morgan fingerprint density at radius 1 is 0.886 bits per heavy atom. The number of carbonyl (C=O) groups excluding carboxylic acids is 1. The molecule has 0 aliphatic heterocycles. The standard InChI is InChI=1S/C26H21FN2O6/c1-33-23-12-16(13-24(34-2)26(23)35-3)25(30)21-15-28(18-10-8-17(27)9-11-18)14-20(21)19-6-4-5-7-22(19)29(31)32/h4-15H,1-3H3. The molecule has 1 aromatic heterocycles. The number of hydrogen-bond donors (Lipinski definition) is 0. The van der Waals surface area contributed by atoms with Crippen molar-refractivity contribution < 1.29 is 28.3 Å². The second-order valence-corrected chi connectivity index (χ2v) is 7.49. The van der Waals surface area contributed by atoms with Gasteiger partial charge < -0.3 is 18.8 Å². The highest BCUT2D eigenvalue weighted by atomic mass is 19.1. The number of carbonyl (C=O) groups is 1. The second-order valence-electron chi connectivity index (χ2n) is 7.49. The molecule has 8 nitrogen and oxygen atoms in total. The number of nitro benzene ring substituents is 1. The van der Waals surface area contributed by atoms with Crippen molar-refractivity contribution in [2.45, 2.75) is 0 Å². The first-order valence-electron chi connectivity index (χ1n) is 10.4. The Hall–Kier alpha value is -4.66. The average Bonchev–Trinajstić information content (AvgIpc) is 3.32. The lowest BCUT2D eigenvalue weighted by atomic mass is 9.96. The lowest BCUT2D eigenvalue weighted by molar-refractivity contribution is -0.384. The minimum absolute atomic E-state index is 0.150. The SMILES string of the molecule is COc1cc(C(=O)c2cn(-c3ccc(F)cc3)cc2-c2ccccc2[N+](=O)[O-])cc(OC)c1OC. The van der Waals surface area contributed by atoms with Crippen LogP contribution in [0, 0.1) is 15.9 Å². The topological polar surface area (TPSA) is 92.8 Å². The Balaban J connectivity index is 1.94. The van der Waals surface area contributed by atoms with Crippen molar-refractivity contribution in [3.05, 3.63) is 100 Å². The average molecular weight is 476 g/mol. The number of halogens is 1. The van der Waals surface area contributed by atoms with Crippen LogP contribution in [0.2, 0.25) is 0 Å². The van der Waals surface area contributed by atoms with Gasteiger partial charge in [-0.2, -0.15) is 0 Å². The molecule has 0 atom stereocenters. The molecule has 1 heterocycles. The van der Waals surface area contributed by atoms with Crippen molar-refractivity contribution in [2.24, 2.45) is 0 Å². The molecule has 0 radical (unpaired) electrons. The summed E-state index contributed by atoms with van der Waals surface area (Å²) < 4.78 is 31.2. The van der Waals surface area contributed by atoms with E-state index in [1.807, 2.05) is 0 Å². The third-order valence-corrected chi connectivity index (χ3v) is 5.51. The van der Waals surface area contributed by atoms with Gasteiger partial charge in [0.1, 0.15) is 5.82 Å². The second kappa shape index (κ2) is 9.68. The molecule has 0 saturated heterocycles. The van der Waals surface area contributed by atoms with Gasteiger partial charge in [-0.3, -0.25) is 14.9 Å². The first-order valence-corrected chi connectivity index (χ1v) is 10.4. The smallest absolute Gasteiger partial charge is 0.277 e. The maximum atomic E-state index is 13.8. The van der Waals surface area contributed by atoms with Gasteiger partial charge in [0.25, 0.3) is 5.69 Å². The molecular weight excluding hydrogens is 455 g/mol. The summed E-state index contributed by atoms with van der Waals surface area (Å²) in [6.07, 6.45) is 3.17. The number of nitrogens with zero attached hydrogens (tertiary/aromatic N) is 2. The normalized spacial score (nSPS) is 10.6. The van der Waals surface area contributed by atoms with Crippen LogP contribution in [0.1, 0.15) is 15.9 Å². The van der Waals surface area contributed by atoms with E-state index in [1.54, 1.807) is 47.3 Å². The van der Waals surface area contributed by atoms with Crippen LogP contribution in [0.5, 0.6) is 17.2 Å². The number of para-hydroxylation sites is 1. The van der Waals surface area contributed by atoms with E-state index < -0.39 is 16.5 Å². The quantitative estimate of drug-likeness (QED) is 0.191. The van der Waals surface area contributed by atoms with E-state index in [9.17, 15) is 19.3 Å². The zero-order valence-corrected chi connectivity index (χ0v) is 19.2. The van der Waals surface area contributed by atoms with Crippen molar-refractivity contribution in [3.8, 4) is 34.1 Å². The fourth-order valence-corrected chi connectivity index (χ4v) is 3.84. The number of benzene rings is 3. The van der Waals surface area contributed by atoms with Crippen molar-refractivity contribution in [1.29, 1.82) is 0 Å². The summed E-state index contributed by atoms with van der Waals surface area (Å²) in [6.45, 7) is 0. The van der Waals surface area contributed by atoms with Gasteiger partial charge in [-0.25, -0.2) is 4.39 Å². The predicted octanol–water partition coefficient (Wildman–Crippen LogP) is 5.45. The molecule has 3 aromatic carbocycles. The van der Waals surface area contributed by atoms with Gasteiger partial charge >= 0.3 is 0 Å². The molecular formula is C26H21FN2O6. The molecule has 4 rings (SSSR count). The first-order chi connectivity index (χ1) is 16.9. The number of aromatic nitrogens is 1. The fourth-order valence-electron chi connectivity index (χ4n) is 3.84. The third kappa shape index (κ3) is 4.43. The molecule has 0 aliphatic carbocycles. The highest BCUT2D eigenvalue weighted by Gasteiger charge is 2.25. The molecule has 0 unspecified atom stereocenters. The summed E-state index contributed by atoms with van der Waals surface area (Å²) in [5.41, 5.74) is 1.49. The molecule has 178 valence electrons. The summed E-state index contributed by atoms with van der Waals surface area (Å²) in [5.74, 6) is 0.0852. The largest absolute Gasteiger partial charge is 0.493 e. The lowest BCUT2D eigenvalue weighted by Gasteiger charge is -2.14. The van der Waals surface area contributed by atoms with Crippen LogP contribution in [0.3, 0.4) is 0 Å². The van der Waals surface area contributed by atoms with Crippen LogP contribution in [0.15, 0.2) is 73.1 Å². The summed E-state index contributed by atoms with van der Waals surface area (Å²) in [7, 11) is 4.34. The van der Waals surface area contributed by atoms with Crippen molar-refractivity contribution in [1.82, 2.24) is 4.57 Å². The fraction of sp³-hybridized carbons (Fsp3) is 0.115. The van der Waals surface area contributed by atoms with Crippen LogP contribution in [0.4, 0.5) is 10.1 Å². The van der Waals surface area contributed by atoms with Gasteiger partial charge in [0.15, 0.2) is 17.3 Å². The number of rotatable bonds is 8. The Bertz CT molecular complexity index is 1390.